The Kier molecular flexibility index (Phi) is 5.97. The highest BCUT2D eigenvalue weighted by atomic mass is 16.3. The molecule has 2 heterocycles. The lowest BCUT2D eigenvalue weighted by molar-refractivity contribution is 0.670. The summed E-state index contributed by atoms with van der Waals surface area (Å²) in [5, 5.41) is 10.6. The molecule has 204 valence electrons. The molecule has 43 heavy (non-hydrogen) atoms. The Morgan fingerprint density at radius 3 is 2.28 bits per heavy atom. The van der Waals surface area contributed by atoms with Crippen molar-refractivity contribution in [2.75, 3.05) is 5.32 Å². The van der Waals surface area contributed by atoms with Crippen molar-refractivity contribution in [1.29, 1.82) is 0 Å². The maximum absolute atomic E-state index is 6.68. The van der Waals surface area contributed by atoms with Crippen LogP contribution in [0.25, 0.3) is 54.6 Å². The second-order valence-electron chi connectivity index (χ2n) is 10.8. The highest BCUT2D eigenvalue weighted by Crippen LogP contribution is 2.43. The molecule has 0 atom stereocenters. The maximum Gasteiger partial charge on any atom is 0.157 e. The van der Waals surface area contributed by atoms with E-state index in [1.165, 1.54) is 21.5 Å². The Morgan fingerprint density at radius 1 is 0.674 bits per heavy atom. The highest BCUT2D eigenvalue weighted by Gasteiger charge is 2.18. The van der Waals surface area contributed by atoms with Crippen molar-refractivity contribution in [3.8, 4) is 11.1 Å². The number of anilines is 1. The van der Waals surface area contributed by atoms with Crippen molar-refractivity contribution < 1.29 is 4.42 Å². The van der Waals surface area contributed by atoms with Gasteiger partial charge in [-0.1, -0.05) is 91.0 Å². The molecule has 1 N–H and O–H groups in total. The van der Waals surface area contributed by atoms with Gasteiger partial charge in [0.1, 0.15) is 16.9 Å². The van der Waals surface area contributed by atoms with Gasteiger partial charge < -0.3 is 9.73 Å². The zero-order valence-electron chi connectivity index (χ0n) is 23.6. The van der Waals surface area contributed by atoms with Crippen LogP contribution in [0.1, 0.15) is 11.3 Å². The quantitative estimate of drug-likeness (QED) is 0.174. The first kappa shape index (κ1) is 25.0. The third-order valence-corrected chi connectivity index (χ3v) is 8.05. The van der Waals surface area contributed by atoms with E-state index in [0.29, 0.717) is 5.84 Å². The lowest BCUT2D eigenvalue weighted by Gasteiger charge is -2.13. The summed E-state index contributed by atoms with van der Waals surface area (Å²) >= 11 is 0. The summed E-state index contributed by atoms with van der Waals surface area (Å²) in [5.41, 5.74) is 7.57. The first-order valence-corrected chi connectivity index (χ1v) is 14.4. The molecule has 2 aromatic heterocycles. The highest BCUT2D eigenvalue weighted by molar-refractivity contribution is 6.28. The molecular weight excluding hydrogens is 526 g/mol. The van der Waals surface area contributed by atoms with Crippen LogP contribution in [-0.4, -0.2) is 10.8 Å². The Balaban J connectivity index is 1.31. The van der Waals surface area contributed by atoms with Crippen LogP contribution in [0.4, 0.5) is 11.4 Å². The summed E-state index contributed by atoms with van der Waals surface area (Å²) in [5.74, 6) is 0.686. The molecule has 0 saturated heterocycles. The topological polar surface area (TPSA) is 50.4 Å². The Bertz CT molecular complexity index is 2330. The number of para-hydroxylation sites is 1. The molecule has 8 aromatic rings. The third kappa shape index (κ3) is 4.41. The van der Waals surface area contributed by atoms with Crippen molar-refractivity contribution in [2.45, 2.75) is 6.92 Å². The van der Waals surface area contributed by atoms with Gasteiger partial charge in [0, 0.05) is 28.2 Å². The van der Waals surface area contributed by atoms with E-state index in [4.69, 9.17) is 9.41 Å². The van der Waals surface area contributed by atoms with Gasteiger partial charge in [-0.3, -0.25) is 4.98 Å². The standard InChI is InChI=1S/C39H27N3O/c1-25-11-2-7-18-33(25)42-39(34-19-8-9-22-40-34)41-29-15-10-14-27(23-29)32-24-28-13-4-6-17-31(28)37-36-30-16-5-3-12-26(30)20-21-35(36)43-38(32)37/h2-24H,1H3,(H,41,42). The van der Waals surface area contributed by atoms with Crippen LogP contribution < -0.4 is 5.32 Å². The molecule has 0 amide bonds. The minimum atomic E-state index is 0.686. The molecule has 0 bridgehead atoms. The molecule has 4 heteroatoms. The Labute approximate surface area is 249 Å². The van der Waals surface area contributed by atoms with Crippen molar-refractivity contribution in [1.82, 2.24) is 4.98 Å². The van der Waals surface area contributed by atoms with Crippen LogP contribution in [0.5, 0.6) is 0 Å². The van der Waals surface area contributed by atoms with E-state index in [1.807, 2.05) is 36.4 Å². The van der Waals surface area contributed by atoms with E-state index in [2.05, 4.69) is 114 Å². The summed E-state index contributed by atoms with van der Waals surface area (Å²) < 4.78 is 6.68. The number of furan rings is 1. The number of hydrogen-bond acceptors (Lipinski definition) is 3. The number of aliphatic imine (C=N–C) groups is 1. The fourth-order valence-electron chi connectivity index (χ4n) is 5.96. The summed E-state index contributed by atoms with van der Waals surface area (Å²) in [4.78, 5) is 9.60. The lowest BCUT2D eigenvalue weighted by Crippen LogP contribution is -2.15. The zero-order valence-corrected chi connectivity index (χ0v) is 23.6. The average molecular weight is 554 g/mol. The van der Waals surface area contributed by atoms with Gasteiger partial charge >= 0.3 is 0 Å². The fourth-order valence-corrected chi connectivity index (χ4v) is 5.96. The average Bonchev–Trinajstić information content (AvgIpc) is 3.46. The van der Waals surface area contributed by atoms with E-state index in [1.54, 1.807) is 6.20 Å². The number of aromatic nitrogens is 1. The predicted molar refractivity (Wildman–Crippen MR) is 179 cm³/mol. The van der Waals surface area contributed by atoms with Gasteiger partial charge in [-0.15, -0.1) is 0 Å². The number of benzene rings is 6. The van der Waals surface area contributed by atoms with Gasteiger partial charge in [0.25, 0.3) is 0 Å². The van der Waals surface area contributed by atoms with Crippen molar-refractivity contribution in [2.24, 2.45) is 4.99 Å². The molecule has 0 aliphatic carbocycles. The summed E-state index contributed by atoms with van der Waals surface area (Å²) in [6.07, 6.45) is 1.79. The monoisotopic (exact) mass is 553 g/mol. The molecule has 0 saturated carbocycles. The molecular formula is C39H27N3O. The minimum absolute atomic E-state index is 0.686. The van der Waals surface area contributed by atoms with Crippen LogP contribution in [0.2, 0.25) is 0 Å². The molecule has 0 fully saturated rings. The molecule has 0 spiro atoms. The number of nitrogens with one attached hydrogen (secondary N) is 1. The number of nitrogens with zero attached hydrogens (tertiary/aromatic N) is 2. The first-order chi connectivity index (χ1) is 21.2. The number of fused-ring (bicyclic) bond motifs is 7. The summed E-state index contributed by atoms with van der Waals surface area (Å²) in [6.45, 7) is 2.07. The van der Waals surface area contributed by atoms with Crippen LogP contribution in [0.15, 0.2) is 149 Å². The Morgan fingerprint density at radius 2 is 1.44 bits per heavy atom. The second kappa shape index (κ2) is 10.3. The SMILES string of the molecule is Cc1ccccc1N=C(Nc1cccc(-c2cc3ccccc3c3c2oc2ccc4ccccc4c23)c1)c1ccccn1. The number of rotatable bonds is 4. The third-order valence-electron chi connectivity index (χ3n) is 8.05. The molecule has 0 radical (unpaired) electrons. The smallest absolute Gasteiger partial charge is 0.157 e. The molecule has 6 aromatic carbocycles. The molecule has 4 nitrogen and oxygen atoms in total. The Hall–Kier alpha value is -5.74. The van der Waals surface area contributed by atoms with E-state index in [-0.39, 0.29) is 0 Å². The minimum Gasteiger partial charge on any atom is -0.455 e. The van der Waals surface area contributed by atoms with E-state index in [9.17, 15) is 0 Å². The van der Waals surface area contributed by atoms with E-state index < -0.39 is 0 Å². The van der Waals surface area contributed by atoms with Gasteiger partial charge in [0.05, 0.1) is 5.69 Å². The van der Waals surface area contributed by atoms with Gasteiger partial charge in [-0.25, -0.2) is 4.99 Å². The predicted octanol–water partition coefficient (Wildman–Crippen LogP) is 10.5. The molecule has 8 rings (SSSR count). The van der Waals surface area contributed by atoms with E-state index in [0.717, 1.165) is 55.7 Å². The molecule has 0 unspecified atom stereocenters. The van der Waals surface area contributed by atoms with Gasteiger partial charge in [-0.05, 0) is 82.1 Å². The normalized spacial score (nSPS) is 12.0. The number of aryl methyl sites for hydroxylation is 1. The van der Waals surface area contributed by atoms with Crippen molar-refractivity contribution in [3.05, 3.63) is 151 Å². The fraction of sp³-hybridized carbons (Fsp3) is 0.0256. The van der Waals surface area contributed by atoms with Gasteiger partial charge in [-0.2, -0.15) is 0 Å². The maximum atomic E-state index is 6.68. The van der Waals surface area contributed by atoms with Crippen LogP contribution in [0.3, 0.4) is 0 Å². The number of hydrogen-bond donors (Lipinski definition) is 1. The van der Waals surface area contributed by atoms with Gasteiger partial charge in [0.2, 0.25) is 0 Å². The molecule has 0 aliphatic rings. The van der Waals surface area contributed by atoms with Crippen LogP contribution >= 0.6 is 0 Å². The van der Waals surface area contributed by atoms with Crippen molar-refractivity contribution in [3.63, 3.8) is 0 Å². The lowest BCUT2D eigenvalue weighted by atomic mass is 9.94. The second-order valence-corrected chi connectivity index (χ2v) is 10.8. The van der Waals surface area contributed by atoms with Crippen molar-refractivity contribution >= 4 is 60.7 Å². The molecule has 0 aliphatic heterocycles. The van der Waals surface area contributed by atoms with Crippen LogP contribution in [0, 0.1) is 6.92 Å². The summed E-state index contributed by atoms with van der Waals surface area (Å²) in [6, 6.07) is 46.0. The zero-order chi connectivity index (χ0) is 28.8. The van der Waals surface area contributed by atoms with Gasteiger partial charge in [0.15, 0.2) is 5.84 Å². The number of pyridine rings is 1. The summed E-state index contributed by atoms with van der Waals surface area (Å²) in [7, 11) is 0. The first-order valence-electron chi connectivity index (χ1n) is 14.4. The number of amidine groups is 1. The largest absolute Gasteiger partial charge is 0.455 e. The van der Waals surface area contributed by atoms with Crippen LogP contribution in [-0.2, 0) is 0 Å². The van der Waals surface area contributed by atoms with E-state index >= 15 is 0 Å².